The molecule has 0 bridgehead atoms. The summed E-state index contributed by atoms with van der Waals surface area (Å²) in [5.74, 6) is -0.766. The minimum Gasteiger partial charge on any atom is -0.454 e. The van der Waals surface area contributed by atoms with Crippen molar-refractivity contribution >= 4 is 22.7 Å². The third-order valence-electron chi connectivity index (χ3n) is 5.63. The van der Waals surface area contributed by atoms with Gasteiger partial charge in [-0.1, -0.05) is 79.2 Å². The van der Waals surface area contributed by atoms with Gasteiger partial charge in [-0.15, -0.1) is 0 Å². The highest BCUT2D eigenvalue weighted by Gasteiger charge is 2.18. The van der Waals surface area contributed by atoms with Crippen LogP contribution in [0.15, 0.2) is 72.8 Å². The van der Waals surface area contributed by atoms with Crippen molar-refractivity contribution in [2.24, 2.45) is 0 Å². The minimum absolute atomic E-state index is 0.233. The number of para-hydroxylation sites is 1. The molecule has 0 saturated carbocycles. The van der Waals surface area contributed by atoms with E-state index in [2.05, 4.69) is 19.1 Å². The molecule has 0 aliphatic heterocycles. The van der Waals surface area contributed by atoms with Gasteiger partial charge < -0.3 is 4.74 Å². The average Bonchev–Trinajstić information content (AvgIpc) is 2.82. The van der Waals surface area contributed by atoms with Crippen molar-refractivity contribution in [3.8, 4) is 11.3 Å². The van der Waals surface area contributed by atoms with Gasteiger partial charge in [-0.05, 0) is 37.5 Å². The Morgan fingerprint density at radius 3 is 2.31 bits per heavy atom. The fraction of sp³-hybridized carbons (Fsp3) is 0.179. The number of carbonyl (C=O) groups is 2. The number of benzene rings is 3. The van der Waals surface area contributed by atoms with Crippen LogP contribution < -0.4 is 0 Å². The maximum atomic E-state index is 13.0. The molecule has 32 heavy (non-hydrogen) atoms. The lowest BCUT2D eigenvalue weighted by Crippen LogP contribution is -2.15. The molecule has 1 aromatic heterocycles. The number of hydrogen-bond donors (Lipinski definition) is 0. The molecule has 4 aromatic rings. The van der Waals surface area contributed by atoms with Crippen molar-refractivity contribution in [3.05, 3.63) is 101 Å². The highest BCUT2D eigenvalue weighted by molar-refractivity contribution is 6.06. The highest BCUT2D eigenvalue weighted by Crippen LogP contribution is 2.27. The summed E-state index contributed by atoms with van der Waals surface area (Å²) in [7, 11) is 0. The summed E-state index contributed by atoms with van der Waals surface area (Å²) in [5.41, 5.74) is 6.58. The van der Waals surface area contributed by atoms with Crippen LogP contribution in [0.2, 0.25) is 0 Å². The number of aromatic nitrogens is 1. The molecule has 160 valence electrons. The van der Waals surface area contributed by atoms with E-state index in [1.54, 1.807) is 18.2 Å². The number of ketones is 1. The number of ether oxygens (including phenoxy) is 1. The maximum absolute atomic E-state index is 13.0. The van der Waals surface area contributed by atoms with Gasteiger partial charge in [-0.3, -0.25) is 4.79 Å². The summed E-state index contributed by atoms with van der Waals surface area (Å²) >= 11 is 0. The lowest BCUT2D eigenvalue weighted by atomic mass is 10.0. The molecule has 0 atom stereocenters. The molecule has 0 unspecified atom stereocenters. The summed E-state index contributed by atoms with van der Waals surface area (Å²) in [6, 6.07) is 22.9. The Balaban J connectivity index is 1.67. The predicted octanol–water partition coefficient (Wildman–Crippen LogP) is 6.12. The van der Waals surface area contributed by atoms with Crippen LogP contribution >= 0.6 is 0 Å². The molecule has 0 saturated heterocycles. The Morgan fingerprint density at radius 2 is 1.62 bits per heavy atom. The standard InChI is InChI=1S/C28H25NO3/c1-4-20-10-14-21(15-11-20)25-16-24(23-7-5-6-19(3)27(23)29-25)28(31)32-17-26(30)22-12-8-18(2)9-13-22/h5-16H,4,17H2,1-3H3. The third kappa shape index (κ3) is 4.45. The zero-order valence-corrected chi connectivity index (χ0v) is 18.5. The molecule has 0 N–H and O–H groups in total. The summed E-state index contributed by atoms with van der Waals surface area (Å²) < 4.78 is 5.43. The van der Waals surface area contributed by atoms with E-state index in [0.717, 1.165) is 28.6 Å². The van der Waals surface area contributed by atoms with Gasteiger partial charge in [0.2, 0.25) is 0 Å². The van der Waals surface area contributed by atoms with Crippen LogP contribution in [0.5, 0.6) is 0 Å². The Morgan fingerprint density at radius 1 is 0.906 bits per heavy atom. The SMILES string of the molecule is CCc1ccc(-c2cc(C(=O)OCC(=O)c3ccc(C)cc3)c3cccc(C)c3n2)cc1. The molecule has 4 rings (SSSR count). The fourth-order valence-electron chi connectivity index (χ4n) is 3.65. The number of hydrogen-bond acceptors (Lipinski definition) is 4. The van der Waals surface area contributed by atoms with Gasteiger partial charge >= 0.3 is 5.97 Å². The number of pyridine rings is 1. The van der Waals surface area contributed by atoms with Crippen LogP contribution in [0.4, 0.5) is 0 Å². The number of nitrogens with zero attached hydrogens (tertiary/aromatic N) is 1. The predicted molar refractivity (Wildman–Crippen MR) is 127 cm³/mol. The number of esters is 1. The molecule has 3 aromatic carbocycles. The van der Waals surface area contributed by atoms with Crippen LogP contribution in [-0.4, -0.2) is 23.3 Å². The summed E-state index contributed by atoms with van der Waals surface area (Å²) in [6.45, 7) is 5.73. The molecule has 4 nitrogen and oxygen atoms in total. The normalized spacial score (nSPS) is 10.8. The zero-order chi connectivity index (χ0) is 22.7. The van der Waals surface area contributed by atoms with Gasteiger partial charge in [0.1, 0.15) is 0 Å². The summed E-state index contributed by atoms with van der Waals surface area (Å²) in [5, 5.41) is 0.715. The highest BCUT2D eigenvalue weighted by atomic mass is 16.5. The number of aryl methyl sites for hydroxylation is 3. The van der Waals surface area contributed by atoms with E-state index in [-0.39, 0.29) is 12.4 Å². The second-order valence-corrected chi connectivity index (χ2v) is 7.94. The molecule has 0 spiro atoms. The Labute approximate surface area is 187 Å². The van der Waals surface area contributed by atoms with E-state index in [0.29, 0.717) is 22.2 Å². The fourth-order valence-corrected chi connectivity index (χ4v) is 3.65. The van der Waals surface area contributed by atoms with Gasteiger partial charge in [-0.25, -0.2) is 9.78 Å². The lowest BCUT2D eigenvalue weighted by Gasteiger charge is -2.12. The smallest absolute Gasteiger partial charge is 0.339 e. The first-order valence-electron chi connectivity index (χ1n) is 10.7. The van der Waals surface area contributed by atoms with Crippen molar-refractivity contribution in [1.29, 1.82) is 0 Å². The maximum Gasteiger partial charge on any atom is 0.339 e. The third-order valence-corrected chi connectivity index (χ3v) is 5.63. The van der Waals surface area contributed by atoms with Gasteiger partial charge in [-0.2, -0.15) is 0 Å². The zero-order valence-electron chi connectivity index (χ0n) is 18.5. The van der Waals surface area contributed by atoms with Gasteiger partial charge in [0.15, 0.2) is 12.4 Å². The minimum atomic E-state index is -0.533. The second-order valence-electron chi connectivity index (χ2n) is 7.94. The summed E-state index contributed by atoms with van der Waals surface area (Å²) in [6.07, 6.45) is 0.955. The number of fused-ring (bicyclic) bond motifs is 1. The topological polar surface area (TPSA) is 56.3 Å². The second kappa shape index (κ2) is 9.15. The van der Waals surface area contributed by atoms with Crippen molar-refractivity contribution < 1.29 is 14.3 Å². The molecular weight excluding hydrogens is 398 g/mol. The number of carbonyl (C=O) groups excluding carboxylic acids is 2. The van der Waals surface area contributed by atoms with Crippen LogP contribution in [0.25, 0.3) is 22.2 Å². The number of rotatable bonds is 6. The monoisotopic (exact) mass is 423 g/mol. The Kier molecular flexibility index (Phi) is 6.13. The van der Waals surface area contributed by atoms with Gasteiger partial charge in [0.25, 0.3) is 0 Å². The first-order chi connectivity index (χ1) is 15.5. The van der Waals surface area contributed by atoms with Crippen LogP contribution in [0.3, 0.4) is 0 Å². The average molecular weight is 424 g/mol. The first-order valence-corrected chi connectivity index (χ1v) is 10.7. The van der Waals surface area contributed by atoms with E-state index >= 15 is 0 Å². The van der Waals surface area contributed by atoms with E-state index in [4.69, 9.17) is 9.72 Å². The Hall–Kier alpha value is -3.79. The lowest BCUT2D eigenvalue weighted by molar-refractivity contribution is 0.0476. The summed E-state index contributed by atoms with van der Waals surface area (Å²) in [4.78, 5) is 30.3. The molecular formula is C28H25NO3. The van der Waals surface area contributed by atoms with Crippen molar-refractivity contribution in [3.63, 3.8) is 0 Å². The van der Waals surface area contributed by atoms with E-state index in [1.165, 1.54) is 5.56 Å². The van der Waals surface area contributed by atoms with Crippen molar-refractivity contribution in [1.82, 2.24) is 4.98 Å². The quantitative estimate of drug-likeness (QED) is 0.277. The van der Waals surface area contributed by atoms with Gasteiger partial charge in [0, 0.05) is 16.5 Å². The largest absolute Gasteiger partial charge is 0.454 e. The first kappa shape index (κ1) is 21.4. The molecule has 0 aliphatic rings. The molecule has 0 amide bonds. The van der Waals surface area contributed by atoms with E-state index in [1.807, 2.05) is 56.3 Å². The number of Topliss-reactive ketones (excluding diaryl/α,β-unsaturated/α-hetero) is 1. The molecule has 1 heterocycles. The van der Waals surface area contributed by atoms with Crippen molar-refractivity contribution in [2.75, 3.05) is 6.61 Å². The van der Waals surface area contributed by atoms with E-state index in [9.17, 15) is 9.59 Å². The van der Waals surface area contributed by atoms with Gasteiger partial charge in [0.05, 0.1) is 16.8 Å². The van der Waals surface area contributed by atoms with Crippen LogP contribution in [-0.2, 0) is 11.2 Å². The molecule has 0 aliphatic carbocycles. The van der Waals surface area contributed by atoms with Crippen molar-refractivity contribution in [2.45, 2.75) is 27.2 Å². The van der Waals surface area contributed by atoms with Crippen LogP contribution in [0.1, 0.15) is 44.3 Å². The van der Waals surface area contributed by atoms with E-state index < -0.39 is 5.97 Å². The van der Waals surface area contributed by atoms with Crippen LogP contribution in [0, 0.1) is 13.8 Å². The Bertz CT molecular complexity index is 1290. The molecule has 0 fully saturated rings. The molecule has 4 heteroatoms. The molecule has 0 radical (unpaired) electrons.